The predicted octanol–water partition coefficient (Wildman–Crippen LogP) is 9.12. The lowest BCUT2D eigenvalue weighted by Gasteiger charge is -2.32. The Balaban J connectivity index is 1.39. The Labute approximate surface area is 244 Å². The summed E-state index contributed by atoms with van der Waals surface area (Å²) in [5.41, 5.74) is 5.97. The molecule has 0 atom stereocenters. The standard InChI is InChI=1S/C36H30BNO2S/c1-35(2)36(3,4)40-37(39-35)25-19-24(23-17-18-34-30(21-23)29-13-7-10-16-33(29)41-34)20-26(22-25)38-31-14-8-5-11-27(31)28-12-6-9-15-32(28)38/h5-22H,1-4H3. The van der Waals surface area contributed by atoms with Crippen molar-refractivity contribution in [2.24, 2.45) is 0 Å². The average Bonchev–Trinajstić information content (AvgIpc) is 3.58. The Kier molecular flexibility index (Phi) is 5.34. The van der Waals surface area contributed by atoms with Crippen LogP contribution < -0.4 is 5.46 Å². The molecule has 41 heavy (non-hydrogen) atoms. The molecule has 0 amide bonds. The highest BCUT2D eigenvalue weighted by atomic mass is 32.1. The smallest absolute Gasteiger partial charge is 0.399 e. The molecule has 0 aliphatic carbocycles. The second-order valence-corrected chi connectivity index (χ2v) is 13.2. The van der Waals surface area contributed by atoms with Gasteiger partial charge in [-0.1, -0.05) is 66.7 Å². The molecule has 5 heteroatoms. The Morgan fingerprint density at radius 3 is 1.83 bits per heavy atom. The van der Waals surface area contributed by atoms with Crippen molar-refractivity contribution in [3.8, 4) is 16.8 Å². The molecular formula is C36H30BNO2S. The number of nitrogens with zero attached hydrogens (tertiary/aromatic N) is 1. The van der Waals surface area contributed by atoms with Crippen LogP contribution in [0.2, 0.25) is 0 Å². The molecule has 200 valence electrons. The summed E-state index contributed by atoms with van der Waals surface area (Å²) in [6.07, 6.45) is 0. The highest BCUT2D eigenvalue weighted by Crippen LogP contribution is 2.39. The van der Waals surface area contributed by atoms with E-state index in [-0.39, 0.29) is 0 Å². The first-order valence-electron chi connectivity index (χ1n) is 14.2. The summed E-state index contributed by atoms with van der Waals surface area (Å²) in [7, 11) is -0.461. The molecule has 0 N–H and O–H groups in total. The van der Waals surface area contributed by atoms with E-state index in [0.29, 0.717) is 0 Å². The molecule has 0 saturated carbocycles. The Hall–Kier alpha value is -3.90. The first-order valence-corrected chi connectivity index (χ1v) is 15.0. The van der Waals surface area contributed by atoms with Crippen LogP contribution in [0, 0.1) is 0 Å². The van der Waals surface area contributed by atoms with Crippen LogP contribution in [-0.2, 0) is 9.31 Å². The van der Waals surface area contributed by atoms with Crippen LogP contribution in [0.5, 0.6) is 0 Å². The molecule has 8 rings (SSSR count). The van der Waals surface area contributed by atoms with E-state index >= 15 is 0 Å². The largest absolute Gasteiger partial charge is 0.494 e. The molecule has 1 aliphatic heterocycles. The van der Waals surface area contributed by atoms with Crippen molar-refractivity contribution in [2.45, 2.75) is 38.9 Å². The predicted molar refractivity (Wildman–Crippen MR) is 175 cm³/mol. The first kappa shape index (κ1) is 24.9. The molecule has 1 aliphatic rings. The van der Waals surface area contributed by atoms with E-state index < -0.39 is 18.3 Å². The summed E-state index contributed by atoms with van der Waals surface area (Å²) < 4.78 is 18.1. The van der Waals surface area contributed by atoms with E-state index in [1.807, 2.05) is 11.3 Å². The number of para-hydroxylation sites is 2. The number of fused-ring (bicyclic) bond motifs is 6. The highest BCUT2D eigenvalue weighted by Gasteiger charge is 2.51. The van der Waals surface area contributed by atoms with Gasteiger partial charge in [-0.2, -0.15) is 0 Å². The van der Waals surface area contributed by atoms with Crippen LogP contribution in [0.3, 0.4) is 0 Å². The third kappa shape index (κ3) is 3.80. The van der Waals surface area contributed by atoms with Crippen molar-refractivity contribution in [1.82, 2.24) is 4.57 Å². The highest BCUT2D eigenvalue weighted by molar-refractivity contribution is 7.25. The SMILES string of the molecule is CC1(C)OB(c2cc(-c3ccc4sc5ccccc5c4c3)cc(-n3c4ccccc4c4ccccc43)c2)OC1(C)C. The van der Waals surface area contributed by atoms with Crippen molar-refractivity contribution in [3.05, 3.63) is 109 Å². The number of rotatable bonds is 3. The molecule has 3 heterocycles. The number of benzene rings is 5. The minimum Gasteiger partial charge on any atom is -0.399 e. The van der Waals surface area contributed by atoms with Crippen molar-refractivity contribution in [1.29, 1.82) is 0 Å². The van der Waals surface area contributed by atoms with E-state index in [1.165, 1.54) is 47.5 Å². The van der Waals surface area contributed by atoms with Gasteiger partial charge in [0.1, 0.15) is 0 Å². The lowest BCUT2D eigenvalue weighted by Crippen LogP contribution is -2.41. The van der Waals surface area contributed by atoms with E-state index in [0.717, 1.165) is 16.7 Å². The van der Waals surface area contributed by atoms with E-state index in [4.69, 9.17) is 9.31 Å². The van der Waals surface area contributed by atoms with Gasteiger partial charge in [0.15, 0.2) is 0 Å². The van der Waals surface area contributed by atoms with Gasteiger partial charge in [-0.15, -0.1) is 11.3 Å². The Morgan fingerprint density at radius 1 is 0.561 bits per heavy atom. The van der Waals surface area contributed by atoms with Gasteiger partial charge < -0.3 is 13.9 Å². The van der Waals surface area contributed by atoms with Gasteiger partial charge in [0.2, 0.25) is 0 Å². The number of aromatic nitrogens is 1. The van der Waals surface area contributed by atoms with Crippen LogP contribution in [0.15, 0.2) is 109 Å². The molecule has 3 nitrogen and oxygen atoms in total. The minimum absolute atomic E-state index is 0.421. The lowest BCUT2D eigenvalue weighted by molar-refractivity contribution is 0.00578. The Morgan fingerprint density at radius 2 is 1.15 bits per heavy atom. The Bertz CT molecular complexity index is 2070. The topological polar surface area (TPSA) is 23.4 Å². The summed E-state index contributed by atoms with van der Waals surface area (Å²) in [4.78, 5) is 0. The van der Waals surface area contributed by atoms with Crippen molar-refractivity contribution >= 4 is 65.9 Å². The summed E-state index contributed by atoms with van der Waals surface area (Å²) >= 11 is 1.85. The zero-order valence-electron chi connectivity index (χ0n) is 23.6. The quantitative estimate of drug-likeness (QED) is 0.205. The summed E-state index contributed by atoms with van der Waals surface area (Å²) in [6.45, 7) is 8.45. The number of hydrogen-bond donors (Lipinski definition) is 0. The fourth-order valence-electron chi connectivity index (χ4n) is 6.15. The molecule has 1 saturated heterocycles. The van der Waals surface area contributed by atoms with Crippen molar-refractivity contribution in [2.75, 3.05) is 0 Å². The normalized spacial score (nSPS) is 16.4. The lowest BCUT2D eigenvalue weighted by atomic mass is 9.77. The zero-order chi connectivity index (χ0) is 27.9. The van der Waals surface area contributed by atoms with Crippen LogP contribution in [0.25, 0.3) is 58.8 Å². The fraction of sp³-hybridized carbons (Fsp3) is 0.167. The van der Waals surface area contributed by atoms with E-state index in [9.17, 15) is 0 Å². The summed E-state index contributed by atoms with van der Waals surface area (Å²) in [5, 5.41) is 5.09. The molecule has 5 aromatic carbocycles. The molecule has 0 spiro atoms. The maximum Gasteiger partial charge on any atom is 0.494 e. The second kappa shape index (κ2) is 8.80. The molecule has 0 bridgehead atoms. The van der Waals surface area contributed by atoms with E-state index in [1.54, 1.807) is 0 Å². The van der Waals surface area contributed by atoms with Gasteiger partial charge in [-0.25, -0.2) is 0 Å². The fourth-order valence-corrected chi connectivity index (χ4v) is 7.24. The van der Waals surface area contributed by atoms with Gasteiger partial charge >= 0.3 is 7.12 Å². The maximum absolute atomic E-state index is 6.57. The van der Waals surface area contributed by atoms with Gasteiger partial charge in [0.05, 0.1) is 22.2 Å². The van der Waals surface area contributed by atoms with E-state index in [2.05, 4.69) is 141 Å². The molecular weight excluding hydrogens is 521 g/mol. The van der Waals surface area contributed by atoms with Crippen LogP contribution in [0.1, 0.15) is 27.7 Å². The zero-order valence-corrected chi connectivity index (χ0v) is 24.5. The molecule has 2 aromatic heterocycles. The van der Waals surface area contributed by atoms with Gasteiger partial charge in [0.25, 0.3) is 0 Å². The third-order valence-electron chi connectivity index (χ3n) is 9.01. The summed E-state index contributed by atoms with van der Waals surface area (Å²) in [5.74, 6) is 0. The number of thiophene rings is 1. The maximum atomic E-state index is 6.57. The van der Waals surface area contributed by atoms with Crippen molar-refractivity contribution < 1.29 is 9.31 Å². The molecule has 0 radical (unpaired) electrons. The molecule has 1 fully saturated rings. The monoisotopic (exact) mass is 551 g/mol. The third-order valence-corrected chi connectivity index (χ3v) is 10.2. The van der Waals surface area contributed by atoms with Crippen LogP contribution in [-0.4, -0.2) is 22.9 Å². The van der Waals surface area contributed by atoms with Gasteiger partial charge in [-0.3, -0.25) is 0 Å². The molecule has 7 aromatic rings. The minimum atomic E-state index is -0.461. The van der Waals surface area contributed by atoms with Gasteiger partial charge in [0, 0.05) is 36.6 Å². The van der Waals surface area contributed by atoms with Gasteiger partial charge in [-0.05, 0) is 86.7 Å². The second-order valence-electron chi connectivity index (χ2n) is 12.1. The number of hydrogen-bond acceptors (Lipinski definition) is 3. The van der Waals surface area contributed by atoms with Crippen LogP contribution >= 0.6 is 11.3 Å². The van der Waals surface area contributed by atoms with Crippen molar-refractivity contribution in [3.63, 3.8) is 0 Å². The average molecular weight is 552 g/mol. The van der Waals surface area contributed by atoms with Crippen LogP contribution in [0.4, 0.5) is 0 Å². The first-order chi connectivity index (χ1) is 19.8. The molecule has 0 unspecified atom stereocenters. The summed E-state index contributed by atoms with van der Waals surface area (Å²) in [6, 6.07) is 39.6.